The lowest BCUT2D eigenvalue weighted by Crippen LogP contribution is -2.18. The molecule has 0 radical (unpaired) electrons. The van der Waals surface area contributed by atoms with Crippen LogP contribution in [0.3, 0.4) is 0 Å². The maximum Gasteiger partial charge on any atom is 0.411 e. The average molecular weight is 462 g/mol. The number of aliphatic hydroxyl groups is 2. The van der Waals surface area contributed by atoms with Gasteiger partial charge in [-0.3, -0.25) is 10.6 Å². The smallest absolute Gasteiger partial charge is 0.411 e. The Morgan fingerprint density at radius 2 is 1.27 bits per heavy atom. The molecule has 2 aromatic rings. The molecule has 0 saturated heterocycles. The zero-order valence-electron chi connectivity index (χ0n) is 18.3. The van der Waals surface area contributed by atoms with Crippen LogP contribution in [0.5, 0.6) is 0 Å². The molecule has 0 atom stereocenters. The first-order chi connectivity index (χ1) is 16.1. The van der Waals surface area contributed by atoms with Crippen molar-refractivity contribution in [1.29, 1.82) is 0 Å². The van der Waals surface area contributed by atoms with Gasteiger partial charge in [0.15, 0.2) is 0 Å². The maximum absolute atomic E-state index is 12.0. The van der Waals surface area contributed by atoms with Crippen molar-refractivity contribution in [2.24, 2.45) is 0 Å². The minimum atomic E-state index is -0.592. The van der Waals surface area contributed by atoms with Gasteiger partial charge >= 0.3 is 12.2 Å². The van der Waals surface area contributed by atoms with Gasteiger partial charge in [-0.05, 0) is 35.7 Å². The number of amides is 2. The third-order valence-electron chi connectivity index (χ3n) is 4.24. The van der Waals surface area contributed by atoms with E-state index in [-0.39, 0.29) is 52.9 Å². The normalized spacial score (nSPS) is 10.5. The van der Waals surface area contributed by atoms with Gasteiger partial charge < -0.3 is 29.2 Å². The highest BCUT2D eigenvalue weighted by Crippen LogP contribution is 2.20. The van der Waals surface area contributed by atoms with Crippen molar-refractivity contribution in [3.8, 4) is 0 Å². The first-order valence-electron chi connectivity index (χ1n) is 10.5. The molecular formula is C23H30N2O8. The fraction of sp³-hybridized carbons (Fsp3) is 0.391. The standard InChI is InChI=1S/C23H30N2O8/c26-9-11-30-13-15-32-22(28)24-20-7-5-18(6-8-20)17-19-3-1-2-4-21(19)25-23(29)33-16-14-31-12-10-27/h1-8,26-27H,9-17H2,(H,24,28)(H,25,29). The monoisotopic (exact) mass is 462 g/mol. The minimum absolute atomic E-state index is 0.0786. The molecule has 0 fully saturated rings. The number of carbonyl (C=O) groups excluding carboxylic acids is 2. The summed E-state index contributed by atoms with van der Waals surface area (Å²) in [5.74, 6) is 0. The van der Waals surface area contributed by atoms with Crippen LogP contribution in [0.1, 0.15) is 11.1 Å². The largest absolute Gasteiger partial charge is 0.447 e. The molecule has 33 heavy (non-hydrogen) atoms. The van der Waals surface area contributed by atoms with Gasteiger partial charge in [0.25, 0.3) is 0 Å². The second-order valence-electron chi connectivity index (χ2n) is 6.72. The molecule has 0 heterocycles. The summed E-state index contributed by atoms with van der Waals surface area (Å²) in [4.78, 5) is 23.8. The van der Waals surface area contributed by atoms with E-state index >= 15 is 0 Å². The van der Waals surface area contributed by atoms with E-state index in [1.54, 1.807) is 18.2 Å². The van der Waals surface area contributed by atoms with Gasteiger partial charge in [0.2, 0.25) is 0 Å². The van der Waals surface area contributed by atoms with Crippen molar-refractivity contribution in [2.45, 2.75) is 6.42 Å². The van der Waals surface area contributed by atoms with Gasteiger partial charge in [0.05, 0.1) is 39.6 Å². The number of benzene rings is 2. The van der Waals surface area contributed by atoms with E-state index in [0.29, 0.717) is 17.8 Å². The Labute approximate surface area is 192 Å². The first kappa shape index (κ1) is 26.1. The molecule has 0 unspecified atom stereocenters. The number of aliphatic hydroxyl groups excluding tert-OH is 2. The number of rotatable bonds is 14. The molecule has 0 aromatic heterocycles. The molecular weight excluding hydrogens is 432 g/mol. The molecule has 2 rings (SSSR count). The van der Waals surface area contributed by atoms with Crippen LogP contribution in [-0.2, 0) is 25.4 Å². The average Bonchev–Trinajstić information content (AvgIpc) is 2.81. The summed E-state index contributed by atoms with van der Waals surface area (Å²) in [7, 11) is 0. The molecule has 0 aliphatic carbocycles. The Kier molecular flexibility index (Phi) is 12.3. The number of hydrogen-bond donors (Lipinski definition) is 4. The van der Waals surface area contributed by atoms with Gasteiger partial charge in [-0.2, -0.15) is 0 Å². The summed E-state index contributed by atoms with van der Waals surface area (Å²) in [6, 6.07) is 14.6. The van der Waals surface area contributed by atoms with Crippen LogP contribution in [0.2, 0.25) is 0 Å². The summed E-state index contributed by atoms with van der Waals surface area (Å²) in [6.07, 6.45) is -0.622. The molecule has 0 spiro atoms. The second-order valence-corrected chi connectivity index (χ2v) is 6.72. The van der Waals surface area contributed by atoms with Gasteiger partial charge in [0.1, 0.15) is 13.2 Å². The second kappa shape index (κ2) is 15.6. The van der Waals surface area contributed by atoms with Crippen molar-refractivity contribution in [3.63, 3.8) is 0 Å². The molecule has 2 aromatic carbocycles. The van der Waals surface area contributed by atoms with E-state index in [1.807, 2.05) is 30.3 Å². The van der Waals surface area contributed by atoms with Gasteiger partial charge in [-0.15, -0.1) is 0 Å². The number of anilines is 2. The highest BCUT2D eigenvalue weighted by molar-refractivity contribution is 5.86. The molecule has 0 aliphatic heterocycles. The van der Waals surface area contributed by atoms with Crippen LogP contribution < -0.4 is 10.6 Å². The van der Waals surface area contributed by atoms with Crippen molar-refractivity contribution >= 4 is 23.6 Å². The number of nitrogens with one attached hydrogen (secondary N) is 2. The van der Waals surface area contributed by atoms with E-state index < -0.39 is 12.2 Å². The first-order valence-corrected chi connectivity index (χ1v) is 10.5. The topological polar surface area (TPSA) is 136 Å². The molecule has 10 heteroatoms. The molecule has 4 N–H and O–H groups in total. The Bertz CT molecular complexity index is 845. The lowest BCUT2D eigenvalue weighted by molar-refractivity contribution is 0.0571. The van der Waals surface area contributed by atoms with Gasteiger partial charge in [0, 0.05) is 11.4 Å². The zero-order valence-corrected chi connectivity index (χ0v) is 18.3. The number of para-hydroxylation sites is 1. The summed E-state index contributed by atoms with van der Waals surface area (Å²) in [6.45, 7) is 0.835. The third kappa shape index (κ3) is 10.8. The predicted molar refractivity (Wildman–Crippen MR) is 121 cm³/mol. The SMILES string of the molecule is O=C(Nc1ccc(Cc2ccccc2NC(=O)OCCOCCO)cc1)OCCOCCO. The zero-order chi connectivity index (χ0) is 23.7. The predicted octanol–water partition coefficient (Wildman–Crippen LogP) is 2.39. The van der Waals surface area contributed by atoms with Gasteiger partial charge in [-0.1, -0.05) is 30.3 Å². The Hall–Kier alpha value is -3.18. The minimum Gasteiger partial charge on any atom is -0.447 e. The van der Waals surface area contributed by atoms with Gasteiger partial charge in [-0.25, -0.2) is 9.59 Å². The summed E-state index contributed by atoms with van der Waals surface area (Å²) < 4.78 is 20.1. The fourth-order valence-corrected chi connectivity index (χ4v) is 2.74. The van der Waals surface area contributed by atoms with E-state index in [2.05, 4.69) is 10.6 Å². The third-order valence-corrected chi connectivity index (χ3v) is 4.24. The van der Waals surface area contributed by atoms with E-state index in [1.165, 1.54) is 0 Å². The lowest BCUT2D eigenvalue weighted by atomic mass is 10.0. The summed E-state index contributed by atoms with van der Waals surface area (Å²) in [5.41, 5.74) is 3.09. The maximum atomic E-state index is 12.0. The molecule has 0 aliphatic rings. The van der Waals surface area contributed by atoms with Crippen LogP contribution in [0.15, 0.2) is 48.5 Å². The molecule has 180 valence electrons. The molecule has 0 saturated carbocycles. The van der Waals surface area contributed by atoms with Crippen LogP contribution in [0, 0.1) is 0 Å². The number of ether oxygens (including phenoxy) is 4. The summed E-state index contributed by atoms with van der Waals surface area (Å²) in [5, 5.41) is 22.6. The summed E-state index contributed by atoms with van der Waals surface area (Å²) >= 11 is 0. The van der Waals surface area contributed by atoms with Crippen molar-refractivity contribution in [1.82, 2.24) is 0 Å². The fourth-order valence-electron chi connectivity index (χ4n) is 2.74. The van der Waals surface area contributed by atoms with Crippen LogP contribution in [0.25, 0.3) is 0 Å². The van der Waals surface area contributed by atoms with Crippen molar-refractivity contribution < 1.29 is 38.7 Å². The Balaban J connectivity index is 1.82. The van der Waals surface area contributed by atoms with Crippen molar-refractivity contribution in [3.05, 3.63) is 59.7 Å². The number of hydrogen-bond acceptors (Lipinski definition) is 8. The molecule has 10 nitrogen and oxygen atoms in total. The Morgan fingerprint density at radius 3 is 1.88 bits per heavy atom. The molecule has 0 bridgehead atoms. The van der Waals surface area contributed by atoms with Crippen LogP contribution in [-0.4, -0.2) is 75.3 Å². The Morgan fingerprint density at radius 1 is 0.697 bits per heavy atom. The highest BCUT2D eigenvalue weighted by Gasteiger charge is 2.09. The van der Waals surface area contributed by atoms with E-state index in [9.17, 15) is 9.59 Å². The van der Waals surface area contributed by atoms with E-state index in [4.69, 9.17) is 29.2 Å². The lowest BCUT2D eigenvalue weighted by Gasteiger charge is -2.12. The van der Waals surface area contributed by atoms with Crippen molar-refractivity contribution in [2.75, 3.05) is 63.5 Å². The number of carbonyl (C=O) groups is 2. The van der Waals surface area contributed by atoms with E-state index in [0.717, 1.165) is 11.1 Å². The van der Waals surface area contributed by atoms with Crippen LogP contribution in [0.4, 0.5) is 21.0 Å². The quantitative estimate of drug-likeness (QED) is 0.314. The van der Waals surface area contributed by atoms with Crippen LogP contribution >= 0.6 is 0 Å². The molecule has 2 amide bonds. The highest BCUT2D eigenvalue weighted by atomic mass is 16.6.